The van der Waals surface area contributed by atoms with Gasteiger partial charge in [-0.3, -0.25) is 4.57 Å². The minimum atomic E-state index is -2.72. The van der Waals surface area contributed by atoms with E-state index in [2.05, 4.69) is 58.9 Å². The van der Waals surface area contributed by atoms with Crippen molar-refractivity contribution in [2.45, 2.75) is 65.2 Å². The van der Waals surface area contributed by atoms with Crippen molar-refractivity contribution < 1.29 is 9.09 Å². The number of fused-ring (bicyclic) bond motifs is 1. The lowest BCUT2D eigenvalue weighted by atomic mass is 9.63. The molecule has 1 atom stereocenters. The van der Waals surface area contributed by atoms with Crippen molar-refractivity contribution in [3.63, 3.8) is 0 Å². The summed E-state index contributed by atoms with van der Waals surface area (Å²) < 4.78 is 18.0. The minimum Gasteiger partial charge on any atom is -0.326 e. The highest BCUT2D eigenvalue weighted by atomic mass is 31.2. The Morgan fingerprint density at radius 3 is 2.17 bits per heavy atom. The van der Waals surface area contributed by atoms with Crippen molar-refractivity contribution in [1.29, 1.82) is 0 Å². The third kappa shape index (κ3) is 4.60. The van der Waals surface area contributed by atoms with Gasteiger partial charge in [0.1, 0.15) is 0 Å². The monoisotopic (exact) mass is 410 g/mol. The molecule has 3 rings (SSSR count). The Bertz CT molecular complexity index is 965. The molecule has 0 saturated carbocycles. The second kappa shape index (κ2) is 7.89. The van der Waals surface area contributed by atoms with Gasteiger partial charge >= 0.3 is 0 Å². The van der Waals surface area contributed by atoms with Gasteiger partial charge in [-0.2, -0.15) is 0 Å². The Labute approximate surface area is 176 Å². The summed E-state index contributed by atoms with van der Waals surface area (Å²) in [7, 11) is -2.72. The summed E-state index contributed by atoms with van der Waals surface area (Å²) >= 11 is 0. The maximum absolute atomic E-state index is 12.6. The van der Waals surface area contributed by atoms with Crippen LogP contribution in [-0.4, -0.2) is 13.3 Å². The summed E-state index contributed by atoms with van der Waals surface area (Å²) in [6.45, 7) is 15.6. The van der Waals surface area contributed by atoms with Gasteiger partial charge in [-0.1, -0.05) is 64.1 Å². The highest BCUT2D eigenvalue weighted by molar-refractivity contribution is 7.66. The van der Waals surface area contributed by atoms with Crippen LogP contribution in [0.5, 0.6) is 0 Å². The van der Waals surface area contributed by atoms with Gasteiger partial charge in [0, 0.05) is 12.0 Å². The summed E-state index contributed by atoms with van der Waals surface area (Å²) in [5.74, 6) is 0. The van der Waals surface area contributed by atoms with E-state index in [0.29, 0.717) is 6.61 Å². The molecule has 0 heterocycles. The molecule has 1 aliphatic carbocycles. The highest BCUT2D eigenvalue weighted by Crippen LogP contribution is 2.46. The fourth-order valence-electron chi connectivity index (χ4n) is 4.33. The lowest BCUT2D eigenvalue weighted by Crippen LogP contribution is -2.33. The summed E-state index contributed by atoms with van der Waals surface area (Å²) in [5, 5.41) is 0.770. The topological polar surface area (TPSA) is 26.3 Å². The first-order chi connectivity index (χ1) is 13.5. The zero-order chi connectivity index (χ0) is 21.4. The van der Waals surface area contributed by atoms with Crippen LogP contribution in [0.2, 0.25) is 0 Å². The molecular formula is C26H35O2P. The largest absolute Gasteiger partial charge is 0.326 e. The van der Waals surface area contributed by atoms with Gasteiger partial charge in [0.2, 0.25) is 7.37 Å². The van der Waals surface area contributed by atoms with Crippen molar-refractivity contribution >= 4 is 24.3 Å². The van der Waals surface area contributed by atoms with E-state index in [1.807, 2.05) is 31.2 Å². The van der Waals surface area contributed by atoms with E-state index in [1.165, 1.54) is 35.1 Å². The van der Waals surface area contributed by atoms with E-state index >= 15 is 0 Å². The first-order valence-electron chi connectivity index (χ1n) is 10.6. The summed E-state index contributed by atoms with van der Waals surface area (Å²) in [6.07, 6.45) is 4.65. The second-order valence-corrected chi connectivity index (χ2v) is 12.2. The molecule has 156 valence electrons. The molecule has 1 aliphatic rings. The number of benzene rings is 2. The predicted molar refractivity (Wildman–Crippen MR) is 127 cm³/mol. The number of hydrogen-bond donors (Lipinski definition) is 0. The number of allylic oxidation sites excluding steroid dienone is 1. The molecular weight excluding hydrogens is 375 g/mol. The SMILES string of the molecule is CCOP(C)(=O)c1ccc(C=C(C)c2ccc3c(c2)C(C)(C)CCC3(C)C)cc1. The summed E-state index contributed by atoms with van der Waals surface area (Å²) in [5.41, 5.74) is 7.05. The Balaban J connectivity index is 1.92. The van der Waals surface area contributed by atoms with E-state index in [0.717, 1.165) is 10.9 Å². The fraction of sp³-hybridized carbons (Fsp3) is 0.462. The molecule has 1 unspecified atom stereocenters. The van der Waals surface area contributed by atoms with E-state index in [9.17, 15) is 4.57 Å². The van der Waals surface area contributed by atoms with E-state index < -0.39 is 7.37 Å². The first-order valence-corrected chi connectivity index (χ1v) is 12.7. The van der Waals surface area contributed by atoms with E-state index in [4.69, 9.17) is 4.52 Å². The molecule has 2 nitrogen and oxygen atoms in total. The van der Waals surface area contributed by atoms with Crippen LogP contribution in [0.15, 0.2) is 42.5 Å². The molecule has 0 saturated heterocycles. The van der Waals surface area contributed by atoms with Crippen LogP contribution in [0.4, 0.5) is 0 Å². The molecule has 0 aliphatic heterocycles. The molecule has 0 bridgehead atoms. The molecule has 0 radical (unpaired) electrons. The minimum absolute atomic E-state index is 0.213. The molecule has 2 aromatic carbocycles. The van der Waals surface area contributed by atoms with Gasteiger partial charge in [-0.25, -0.2) is 0 Å². The molecule has 0 fully saturated rings. The van der Waals surface area contributed by atoms with Gasteiger partial charge in [0.15, 0.2) is 0 Å². The summed E-state index contributed by atoms with van der Waals surface area (Å²) in [6, 6.07) is 14.9. The molecule has 29 heavy (non-hydrogen) atoms. The Morgan fingerprint density at radius 2 is 1.59 bits per heavy atom. The third-order valence-corrected chi connectivity index (χ3v) is 8.42. The average Bonchev–Trinajstić information content (AvgIpc) is 2.66. The number of hydrogen-bond acceptors (Lipinski definition) is 2. The van der Waals surface area contributed by atoms with Gasteiger partial charge in [0.25, 0.3) is 0 Å². The van der Waals surface area contributed by atoms with Crippen molar-refractivity contribution in [3.05, 3.63) is 64.7 Å². The normalized spacial score (nSPS) is 20.0. The quantitative estimate of drug-likeness (QED) is 0.386. The molecule has 2 aromatic rings. The van der Waals surface area contributed by atoms with Crippen molar-refractivity contribution in [1.82, 2.24) is 0 Å². The lowest BCUT2D eigenvalue weighted by molar-refractivity contribution is 0.332. The van der Waals surface area contributed by atoms with Crippen LogP contribution in [-0.2, 0) is 19.9 Å². The Hall–Kier alpha value is -1.63. The lowest BCUT2D eigenvalue weighted by Gasteiger charge is -2.42. The van der Waals surface area contributed by atoms with Crippen molar-refractivity contribution in [3.8, 4) is 0 Å². The van der Waals surface area contributed by atoms with Crippen LogP contribution in [0, 0.1) is 0 Å². The smallest absolute Gasteiger partial charge is 0.229 e. The Kier molecular flexibility index (Phi) is 6.01. The predicted octanol–water partition coefficient (Wildman–Crippen LogP) is 7.17. The van der Waals surface area contributed by atoms with Gasteiger partial charge < -0.3 is 4.52 Å². The zero-order valence-corrected chi connectivity index (χ0v) is 19.9. The van der Waals surface area contributed by atoms with Gasteiger partial charge in [-0.15, -0.1) is 0 Å². The van der Waals surface area contributed by atoms with Gasteiger partial charge in [-0.05, 0) is 77.5 Å². The van der Waals surface area contributed by atoms with Crippen LogP contribution >= 0.6 is 7.37 Å². The zero-order valence-electron chi connectivity index (χ0n) is 19.0. The van der Waals surface area contributed by atoms with E-state index in [1.54, 1.807) is 6.66 Å². The van der Waals surface area contributed by atoms with Gasteiger partial charge in [0.05, 0.1) is 6.61 Å². The molecule has 3 heteroatoms. The van der Waals surface area contributed by atoms with Crippen LogP contribution < -0.4 is 5.30 Å². The third-order valence-electron chi connectivity index (χ3n) is 6.43. The standard InChI is InChI=1S/C26H35O2P/c1-8-28-29(7,27)22-12-9-20(10-13-22)17-19(2)21-11-14-23-24(18-21)26(5,6)16-15-25(23,3)4/h9-14,17-18H,8,15-16H2,1-7H3. The second-order valence-electron chi connectivity index (χ2n) is 9.71. The molecule has 0 spiro atoms. The average molecular weight is 411 g/mol. The number of rotatable bonds is 5. The molecule has 0 aromatic heterocycles. The fourth-order valence-corrected chi connectivity index (χ4v) is 5.66. The van der Waals surface area contributed by atoms with Crippen molar-refractivity contribution in [2.24, 2.45) is 0 Å². The highest BCUT2D eigenvalue weighted by Gasteiger charge is 2.36. The van der Waals surface area contributed by atoms with Crippen LogP contribution in [0.25, 0.3) is 11.6 Å². The molecule has 0 amide bonds. The van der Waals surface area contributed by atoms with Crippen LogP contribution in [0.3, 0.4) is 0 Å². The van der Waals surface area contributed by atoms with E-state index in [-0.39, 0.29) is 10.8 Å². The Morgan fingerprint density at radius 1 is 1.00 bits per heavy atom. The first kappa shape index (κ1) is 22.1. The maximum Gasteiger partial charge on any atom is 0.229 e. The van der Waals surface area contributed by atoms with Crippen molar-refractivity contribution in [2.75, 3.05) is 13.3 Å². The summed E-state index contributed by atoms with van der Waals surface area (Å²) in [4.78, 5) is 0. The molecule has 0 N–H and O–H groups in total. The van der Waals surface area contributed by atoms with Crippen LogP contribution in [0.1, 0.15) is 76.6 Å². The maximum atomic E-state index is 12.6.